The number of carboxylic acids is 3. The first-order chi connectivity index (χ1) is 8.59. The highest BCUT2D eigenvalue weighted by atomic mass is 16.4. The topological polar surface area (TPSA) is 208 Å². The predicted molar refractivity (Wildman–Crippen MR) is 57.6 cm³/mol. The van der Waals surface area contributed by atoms with Gasteiger partial charge in [-0.1, -0.05) is 0 Å². The van der Waals surface area contributed by atoms with Gasteiger partial charge in [0.25, 0.3) is 0 Å². The third-order valence-electron chi connectivity index (χ3n) is 2.24. The Kier molecular flexibility index (Phi) is 6.31. The average molecular weight is 281 g/mol. The van der Waals surface area contributed by atoms with Gasteiger partial charge in [-0.15, -0.1) is 0 Å². The molecule has 0 spiro atoms. The van der Waals surface area contributed by atoms with E-state index in [1.165, 1.54) is 0 Å². The minimum atomic E-state index is -2.20. The SMILES string of the molecule is NC(C(O)C(=O)O)N(CC(=O)O)C(N)C(O)C(=O)O. The van der Waals surface area contributed by atoms with Crippen molar-refractivity contribution in [1.29, 1.82) is 0 Å². The van der Waals surface area contributed by atoms with Crippen molar-refractivity contribution >= 4 is 17.9 Å². The quantitative estimate of drug-likeness (QED) is 0.212. The van der Waals surface area contributed by atoms with Crippen LogP contribution in [0.15, 0.2) is 0 Å². The second-order valence-electron chi connectivity index (χ2n) is 3.61. The van der Waals surface area contributed by atoms with Gasteiger partial charge >= 0.3 is 17.9 Å². The van der Waals surface area contributed by atoms with Crippen LogP contribution in [0.5, 0.6) is 0 Å². The summed E-state index contributed by atoms with van der Waals surface area (Å²) in [5, 5.41) is 44.1. The van der Waals surface area contributed by atoms with Crippen molar-refractivity contribution in [2.75, 3.05) is 6.54 Å². The van der Waals surface area contributed by atoms with E-state index in [0.717, 1.165) is 0 Å². The van der Waals surface area contributed by atoms with Crippen LogP contribution in [0.2, 0.25) is 0 Å². The van der Waals surface area contributed by atoms with Crippen molar-refractivity contribution in [2.45, 2.75) is 24.5 Å². The van der Waals surface area contributed by atoms with Crippen molar-refractivity contribution in [1.82, 2.24) is 4.90 Å². The Labute approximate surface area is 106 Å². The number of nitrogens with zero attached hydrogens (tertiary/aromatic N) is 1. The van der Waals surface area contributed by atoms with Crippen LogP contribution in [-0.4, -0.2) is 79.4 Å². The summed E-state index contributed by atoms with van der Waals surface area (Å²) in [6.45, 7) is -0.961. The van der Waals surface area contributed by atoms with Crippen LogP contribution in [0.25, 0.3) is 0 Å². The number of carbonyl (C=O) groups is 3. The summed E-state index contributed by atoms with van der Waals surface area (Å²) in [5.41, 5.74) is 10.6. The molecule has 0 saturated carbocycles. The second kappa shape index (κ2) is 6.96. The molecule has 0 rings (SSSR count). The molecule has 0 aromatic heterocycles. The van der Waals surface area contributed by atoms with E-state index in [4.69, 9.17) is 26.8 Å². The van der Waals surface area contributed by atoms with E-state index < -0.39 is 49.0 Å². The van der Waals surface area contributed by atoms with Gasteiger partial charge in [-0.2, -0.15) is 0 Å². The molecule has 4 atom stereocenters. The molecule has 0 amide bonds. The molecule has 19 heavy (non-hydrogen) atoms. The molecule has 9 N–H and O–H groups in total. The molecule has 0 bridgehead atoms. The Morgan fingerprint density at radius 1 is 0.895 bits per heavy atom. The fourth-order valence-corrected chi connectivity index (χ4v) is 1.22. The third-order valence-corrected chi connectivity index (χ3v) is 2.24. The number of rotatable bonds is 8. The molecule has 0 aliphatic heterocycles. The summed E-state index contributed by atoms with van der Waals surface area (Å²) in [7, 11) is 0. The van der Waals surface area contributed by atoms with Gasteiger partial charge in [0.05, 0.1) is 18.9 Å². The number of nitrogens with two attached hydrogens (primary N) is 2. The standard InChI is InChI=1S/C8H15N3O8/c9-5(3(14)7(16)17)11(1-2(12)13)6(10)4(15)8(18)19/h3-6,14-15H,1,9-10H2,(H,12,13)(H,16,17)(H,18,19). The largest absolute Gasteiger partial charge is 0.480 e. The van der Waals surface area contributed by atoms with E-state index in [1.807, 2.05) is 0 Å². The average Bonchev–Trinajstić information content (AvgIpc) is 2.31. The monoisotopic (exact) mass is 281 g/mol. The Morgan fingerprint density at radius 3 is 1.42 bits per heavy atom. The lowest BCUT2D eigenvalue weighted by atomic mass is 10.2. The molecular formula is C8H15N3O8. The molecule has 0 aliphatic carbocycles. The maximum absolute atomic E-state index is 10.6. The lowest BCUT2D eigenvalue weighted by molar-refractivity contribution is -0.159. The molecule has 11 nitrogen and oxygen atoms in total. The van der Waals surface area contributed by atoms with Crippen LogP contribution >= 0.6 is 0 Å². The molecular weight excluding hydrogens is 266 g/mol. The second-order valence-corrected chi connectivity index (χ2v) is 3.61. The first kappa shape index (κ1) is 17.2. The minimum absolute atomic E-state index is 0.458. The zero-order valence-electron chi connectivity index (χ0n) is 9.58. The molecule has 0 heterocycles. The Morgan fingerprint density at radius 2 is 1.21 bits per heavy atom. The fraction of sp³-hybridized carbons (Fsp3) is 0.625. The van der Waals surface area contributed by atoms with Gasteiger partial charge in [0, 0.05) is 0 Å². The third kappa shape index (κ3) is 4.76. The van der Waals surface area contributed by atoms with E-state index >= 15 is 0 Å². The molecule has 0 radical (unpaired) electrons. The number of hydrogen-bond acceptors (Lipinski definition) is 8. The van der Waals surface area contributed by atoms with Gasteiger partial charge in [0.15, 0.2) is 12.2 Å². The number of hydrogen-bond donors (Lipinski definition) is 7. The van der Waals surface area contributed by atoms with Crippen molar-refractivity contribution in [2.24, 2.45) is 11.5 Å². The van der Waals surface area contributed by atoms with Crippen LogP contribution in [0.1, 0.15) is 0 Å². The number of carboxylic acid groups (broad SMARTS) is 3. The summed E-state index contributed by atoms with van der Waals surface area (Å²) in [6.07, 6.45) is -8.02. The van der Waals surface area contributed by atoms with Gasteiger partial charge in [-0.25, -0.2) is 9.59 Å². The number of aliphatic carboxylic acids is 3. The van der Waals surface area contributed by atoms with Crippen LogP contribution in [-0.2, 0) is 14.4 Å². The Balaban J connectivity index is 5.14. The maximum Gasteiger partial charge on any atom is 0.335 e. The predicted octanol–water partition coefficient (Wildman–Crippen LogP) is -4.17. The molecule has 0 saturated heterocycles. The van der Waals surface area contributed by atoms with Gasteiger partial charge in [0.1, 0.15) is 0 Å². The molecule has 110 valence electrons. The molecule has 11 heteroatoms. The first-order valence-electron chi connectivity index (χ1n) is 4.90. The molecule has 0 aromatic carbocycles. The van der Waals surface area contributed by atoms with Crippen molar-refractivity contribution < 1.29 is 39.9 Å². The zero-order valence-corrected chi connectivity index (χ0v) is 9.58. The normalized spacial score (nSPS) is 17.5. The van der Waals surface area contributed by atoms with Gasteiger partial charge in [0.2, 0.25) is 0 Å². The van der Waals surface area contributed by atoms with E-state index in [0.29, 0.717) is 4.90 Å². The van der Waals surface area contributed by atoms with Crippen molar-refractivity contribution in [3.8, 4) is 0 Å². The minimum Gasteiger partial charge on any atom is -0.480 e. The van der Waals surface area contributed by atoms with E-state index in [2.05, 4.69) is 0 Å². The van der Waals surface area contributed by atoms with Crippen LogP contribution in [0.4, 0.5) is 0 Å². The highest BCUT2D eigenvalue weighted by Gasteiger charge is 2.37. The maximum atomic E-state index is 10.6. The molecule has 0 fully saturated rings. The summed E-state index contributed by atoms with van der Waals surface area (Å²) < 4.78 is 0. The lowest BCUT2D eigenvalue weighted by Crippen LogP contribution is -2.64. The van der Waals surface area contributed by atoms with Gasteiger partial charge in [-0.3, -0.25) is 9.69 Å². The molecule has 0 aromatic rings. The smallest absolute Gasteiger partial charge is 0.335 e. The van der Waals surface area contributed by atoms with Crippen molar-refractivity contribution in [3.63, 3.8) is 0 Å². The summed E-state index contributed by atoms with van der Waals surface area (Å²) in [5.74, 6) is -5.00. The van der Waals surface area contributed by atoms with Crippen molar-refractivity contribution in [3.05, 3.63) is 0 Å². The summed E-state index contributed by atoms with van der Waals surface area (Å²) in [6, 6.07) is 0. The fourth-order valence-electron chi connectivity index (χ4n) is 1.22. The lowest BCUT2D eigenvalue weighted by Gasteiger charge is -2.34. The highest BCUT2D eigenvalue weighted by molar-refractivity contribution is 5.74. The highest BCUT2D eigenvalue weighted by Crippen LogP contribution is 2.07. The number of aliphatic hydroxyl groups excluding tert-OH is 2. The van der Waals surface area contributed by atoms with Gasteiger partial charge in [-0.05, 0) is 0 Å². The van der Waals surface area contributed by atoms with E-state index in [9.17, 15) is 24.6 Å². The Hall–Kier alpha value is -1.79. The van der Waals surface area contributed by atoms with Crippen LogP contribution < -0.4 is 11.5 Å². The molecule has 4 unspecified atom stereocenters. The molecule has 0 aliphatic rings. The van der Waals surface area contributed by atoms with Crippen LogP contribution in [0, 0.1) is 0 Å². The van der Waals surface area contributed by atoms with Gasteiger partial charge < -0.3 is 37.0 Å². The number of aliphatic hydroxyl groups is 2. The Bertz CT molecular complexity index is 336. The zero-order chi connectivity index (χ0) is 15.3. The van der Waals surface area contributed by atoms with E-state index in [-0.39, 0.29) is 0 Å². The summed E-state index contributed by atoms with van der Waals surface area (Å²) in [4.78, 5) is 32.1. The van der Waals surface area contributed by atoms with E-state index in [1.54, 1.807) is 0 Å². The first-order valence-corrected chi connectivity index (χ1v) is 4.90. The van der Waals surface area contributed by atoms with Crippen LogP contribution in [0.3, 0.4) is 0 Å². The summed E-state index contributed by atoms with van der Waals surface area (Å²) >= 11 is 0.